The van der Waals surface area contributed by atoms with E-state index in [9.17, 15) is 4.39 Å². The molecule has 0 bridgehead atoms. The first-order valence-corrected chi connectivity index (χ1v) is 4.34. The number of rotatable bonds is 2. The van der Waals surface area contributed by atoms with Gasteiger partial charge in [-0.05, 0) is 22.9 Å². The van der Waals surface area contributed by atoms with Crippen molar-refractivity contribution in [3.05, 3.63) is 11.5 Å². The van der Waals surface area contributed by atoms with Crippen molar-refractivity contribution in [3.8, 4) is 0 Å². The molecule has 0 aromatic rings. The third kappa shape index (κ3) is 1.91. The second kappa shape index (κ2) is 3.80. The standard InChI is InChI=1S/C7H9BrFN3/c1-4-6(9)7(8)12-5(11-4)2-3-10/h3,5,10-11H,2H2,1H3/p+1. The maximum Gasteiger partial charge on any atom is 0.174 e. The Labute approximate surface area is 78.4 Å². The zero-order valence-corrected chi connectivity index (χ0v) is 8.23. The van der Waals surface area contributed by atoms with Gasteiger partial charge in [0.05, 0.1) is 6.42 Å². The van der Waals surface area contributed by atoms with Crippen molar-refractivity contribution in [1.29, 1.82) is 0 Å². The van der Waals surface area contributed by atoms with Crippen molar-refractivity contribution in [1.82, 2.24) is 5.32 Å². The summed E-state index contributed by atoms with van der Waals surface area (Å²) in [6.45, 7) is 1.66. The Balaban J connectivity index is 2.76. The first-order valence-electron chi connectivity index (χ1n) is 3.55. The molecular weight excluding hydrogens is 225 g/mol. The maximum absolute atomic E-state index is 13.0. The number of allylic oxidation sites excluding steroid dienone is 2. The van der Waals surface area contributed by atoms with Gasteiger partial charge in [-0.25, -0.2) is 9.38 Å². The van der Waals surface area contributed by atoms with E-state index in [0.29, 0.717) is 12.1 Å². The van der Waals surface area contributed by atoms with Crippen LogP contribution in [0.15, 0.2) is 16.5 Å². The quantitative estimate of drug-likeness (QED) is 0.657. The number of hydrogen-bond donors (Lipinski definition) is 2. The number of hydrogen-bond acceptors (Lipinski definition) is 2. The molecule has 12 heavy (non-hydrogen) atoms. The third-order valence-corrected chi connectivity index (χ3v) is 2.07. The summed E-state index contributed by atoms with van der Waals surface area (Å²) in [5.41, 5.74) is 0.490. The van der Waals surface area contributed by atoms with Gasteiger partial charge in [0.25, 0.3) is 0 Å². The van der Waals surface area contributed by atoms with E-state index < -0.39 is 0 Å². The molecule has 3 nitrogen and oxygen atoms in total. The molecule has 0 saturated heterocycles. The molecule has 0 amide bonds. The van der Waals surface area contributed by atoms with E-state index in [-0.39, 0.29) is 16.6 Å². The number of nitrogens with zero attached hydrogens (tertiary/aromatic N) is 1. The molecule has 1 atom stereocenters. The summed E-state index contributed by atoms with van der Waals surface area (Å²) in [6, 6.07) is 0. The summed E-state index contributed by atoms with van der Waals surface area (Å²) < 4.78 is 13.2. The second-order valence-corrected chi connectivity index (χ2v) is 3.24. The van der Waals surface area contributed by atoms with Crippen molar-refractivity contribution in [2.75, 3.05) is 0 Å². The van der Waals surface area contributed by atoms with Gasteiger partial charge in [-0.15, -0.1) is 0 Å². The Morgan fingerprint density at radius 2 is 2.50 bits per heavy atom. The molecule has 3 N–H and O–H groups in total. The van der Waals surface area contributed by atoms with Gasteiger partial charge in [0, 0.05) is 5.70 Å². The van der Waals surface area contributed by atoms with E-state index in [0.717, 1.165) is 0 Å². The van der Waals surface area contributed by atoms with Gasteiger partial charge >= 0.3 is 0 Å². The lowest BCUT2D eigenvalue weighted by Gasteiger charge is -2.19. The Bertz CT molecular complexity index is 259. The van der Waals surface area contributed by atoms with Gasteiger partial charge < -0.3 is 5.32 Å². The predicted octanol–water partition coefficient (Wildman–Crippen LogP) is 0.130. The van der Waals surface area contributed by atoms with Crippen LogP contribution in [0.5, 0.6) is 0 Å². The van der Waals surface area contributed by atoms with Crippen LogP contribution in [0, 0.1) is 0 Å². The lowest BCUT2D eigenvalue weighted by molar-refractivity contribution is -0.108. The minimum atomic E-state index is -0.344. The molecule has 1 aliphatic rings. The molecule has 0 aliphatic carbocycles. The van der Waals surface area contributed by atoms with Gasteiger partial charge in [0.15, 0.2) is 5.83 Å². The SMILES string of the molecule is CC1=C(F)C(Br)=NC(CC=[NH2+])N1. The van der Waals surface area contributed by atoms with E-state index in [1.54, 1.807) is 6.92 Å². The summed E-state index contributed by atoms with van der Waals surface area (Å²) in [5, 5.41) is 8.10. The molecule has 1 rings (SSSR count). The van der Waals surface area contributed by atoms with Crippen molar-refractivity contribution in [2.24, 2.45) is 4.99 Å². The molecule has 0 radical (unpaired) electrons. The lowest BCUT2D eigenvalue weighted by Crippen LogP contribution is -2.37. The smallest absolute Gasteiger partial charge is 0.174 e. The molecule has 66 valence electrons. The monoisotopic (exact) mass is 234 g/mol. The van der Waals surface area contributed by atoms with Crippen LogP contribution >= 0.6 is 15.9 Å². The Morgan fingerprint density at radius 1 is 1.83 bits per heavy atom. The minimum absolute atomic E-state index is 0.149. The van der Waals surface area contributed by atoms with E-state index >= 15 is 0 Å². The summed E-state index contributed by atoms with van der Waals surface area (Å²) in [7, 11) is 0. The van der Waals surface area contributed by atoms with E-state index in [2.05, 4.69) is 26.2 Å². The van der Waals surface area contributed by atoms with Crippen LogP contribution in [0.4, 0.5) is 4.39 Å². The predicted molar refractivity (Wildman–Crippen MR) is 49.7 cm³/mol. The normalized spacial score (nSPS) is 23.2. The van der Waals surface area contributed by atoms with Crippen LogP contribution in [0.2, 0.25) is 0 Å². The number of nitrogens with two attached hydrogens (primary N) is 1. The first-order chi connectivity index (χ1) is 5.65. The summed E-state index contributed by atoms with van der Waals surface area (Å²) in [6.07, 6.45) is 1.93. The van der Waals surface area contributed by atoms with Crippen LogP contribution in [-0.2, 0) is 0 Å². The Kier molecular flexibility index (Phi) is 2.97. The van der Waals surface area contributed by atoms with Gasteiger partial charge in [-0.1, -0.05) is 0 Å². The second-order valence-electron chi connectivity index (χ2n) is 2.49. The zero-order chi connectivity index (χ0) is 9.14. The highest BCUT2D eigenvalue weighted by Gasteiger charge is 2.18. The third-order valence-electron chi connectivity index (χ3n) is 1.52. The van der Waals surface area contributed by atoms with Crippen LogP contribution in [0.25, 0.3) is 0 Å². The van der Waals surface area contributed by atoms with Crippen molar-refractivity contribution in [2.45, 2.75) is 19.5 Å². The summed E-state index contributed by atoms with van der Waals surface area (Å²) in [5.74, 6) is -0.344. The highest BCUT2D eigenvalue weighted by atomic mass is 79.9. The van der Waals surface area contributed by atoms with E-state index in [4.69, 9.17) is 5.41 Å². The van der Waals surface area contributed by atoms with Crippen molar-refractivity contribution >= 4 is 26.8 Å². The fraction of sp³-hybridized carbons (Fsp3) is 0.429. The highest BCUT2D eigenvalue weighted by Crippen LogP contribution is 2.17. The average Bonchev–Trinajstić information content (AvgIpc) is 2.01. The molecule has 0 fully saturated rings. The first kappa shape index (κ1) is 9.38. The van der Waals surface area contributed by atoms with Gasteiger partial charge in [-0.2, -0.15) is 0 Å². The van der Waals surface area contributed by atoms with Crippen LogP contribution in [-0.4, -0.2) is 17.0 Å². The molecule has 5 heteroatoms. The van der Waals surface area contributed by atoms with Gasteiger partial charge in [-0.3, -0.25) is 5.41 Å². The molecular formula is C7H10BrFN3+. The Morgan fingerprint density at radius 3 is 3.00 bits per heavy atom. The largest absolute Gasteiger partial charge is 0.364 e. The lowest BCUT2D eigenvalue weighted by atomic mass is 10.3. The maximum atomic E-state index is 13.0. The fourth-order valence-electron chi connectivity index (χ4n) is 0.934. The van der Waals surface area contributed by atoms with Gasteiger partial charge in [0.2, 0.25) is 0 Å². The molecule has 1 aliphatic heterocycles. The van der Waals surface area contributed by atoms with Crippen LogP contribution in [0.1, 0.15) is 13.3 Å². The molecule has 1 unspecified atom stereocenters. The van der Waals surface area contributed by atoms with Crippen LogP contribution < -0.4 is 10.7 Å². The minimum Gasteiger partial charge on any atom is -0.364 e. The average molecular weight is 235 g/mol. The van der Waals surface area contributed by atoms with Crippen molar-refractivity contribution < 1.29 is 9.80 Å². The van der Waals surface area contributed by atoms with Gasteiger partial charge in [0.1, 0.15) is 17.0 Å². The van der Waals surface area contributed by atoms with E-state index in [1.807, 2.05) is 0 Å². The number of aliphatic imine (C=N–C) groups is 1. The molecule has 1 heterocycles. The van der Waals surface area contributed by atoms with Crippen molar-refractivity contribution in [3.63, 3.8) is 0 Å². The zero-order valence-electron chi connectivity index (χ0n) is 6.64. The Hall–Kier alpha value is -0.710. The summed E-state index contributed by atoms with van der Waals surface area (Å²) in [4.78, 5) is 3.98. The molecule has 0 spiro atoms. The van der Waals surface area contributed by atoms with E-state index in [1.165, 1.54) is 6.21 Å². The fourth-order valence-corrected chi connectivity index (χ4v) is 1.48. The van der Waals surface area contributed by atoms with Crippen LogP contribution in [0.3, 0.4) is 0 Å². The number of nitrogens with one attached hydrogen (secondary N) is 1. The molecule has 0 saturated carbocycles. The number of halogens is 2. The highest BCUT2D eigenvalue weighted by molar-refractivity contribution is 9.18. The topological polar surface area (TPSA) is 50.0 Å². The molecule has 0 aromatic heterocycles. The summed E-state index contributed by atoms with van der Waals surface area (Å²) >= 11 is 3.03. The molecule has 0 aromatic carbocycles.